The monoisotopic (exact) mass is 1160 g/mol. The number of esters is 3. The number of carbonyl (C=O) groups excluding carboxylic acids is 3. The van der Waals surface area contributed by atoms with Gasteiger partial charge in [-0.3, -0.25) is 14.4 Å². The van der Waals surface area contributed by atoms with Crippen LogP contribution in [0.2, 0.25) is 0 Å². The number of rotatable bonds is 69. The van der Waals surface area contributed by atoms with Gasteiger partial charge in [0.1, 0.15) is 13.2 Å². The summed E-state index contributed by atoms with van der Waals surface area (Å²) in [7, 11) is 0. The number of hydrogen-bond acceptors (Lipinski definition) is 6. The zero-order valence-corrected chi connectivity index (χ0v) is 56.0. The molecular formula is C77H142O6. The lowest BCUT2D eigenvalue weighted by molar-refractivity contribution is -0.167. The van der Waals surface area contributed by atoms with Crippen molar-refractivity contribution in [1.82, 2.24) is 0 Å². The fraction of sp³-hybridized carbons (Fsp3) is 0.857. The number of ether oxygens (including phenoxy) is 3. The molecule has 1 atom stereocenters. The Morgan fingerprint density at radius 3 is 0.687 bits per heavy atom. The maximum absolute atomic E-state index is 13.0. The van der Waals surface area contributed by atoms with Gasteiger partial charge in [-0.05, 0) is 83.5 Å². The fourth-order valence-electron chi connectivity index (χ4n) is 11.2. The van der Waals surface area contributed by atoms with Gasteiger partial charge in [0.2, 0.25) is 0 Å². The van der Waals surface area contributed by atoms with Crippen molar-refractivity contribution in [2.75, 3.05) is 13.2 Å². The van der Waals surface area contributed by atoms with Crippen LogP contribution in [0.25, 0.3) is 0 Å². The average molecular weight is 1160 g/mol. The third-order valence-electron chi connectivity index (χ3n) is 16.8. The second-order valence-corrected chi connectivity index (χ2v) is 25.2. The second-order valence-electron chi connectivity index (χ2n) is 25.2. The van der Waals surface area contributed by atoms with Crippen LogP contribution in [0.15, 0.2) is 48.6 Å². The van der Waals surface area contributed by atoms with Crippen molar-refractivity contribution in [3.8, 4) is 0 Å². The van der Waals surface area contributed by atoms with Crippen molar-refractivity contribution in [3.05, 3.63) is 48.6 Å². The number of unbranched alkanes of at least 4 members (excludes halogenated alkanes) is 50. The Labute approximate surface area is 518 Å². The summed E-state index contributed by atoms with van der Waals surface area (Å²) in [5, 5.41) is 0. The van der Waals surface area contributed by atoms with Crippen LogP contribution in [0.5, 0.6) is 0 Å². The van der Waals surface area contributed by atoms with Crippen molar-refractivity contribution in [1.29, 1.82) is 0 Å². The smallest absolute Gasteiger partial charge is 0.306 e. The van der Waals surface area contributed by atoms with Crippen LogP contribution in [-0.2, 0) is 28.6 Å². The van der Waals surface area contributed by atoms with Crippen molar-refractivity contribution in [2.24, 2.45) is 0 Å². The molecule has 0 aliphatic heterocycles. The molecule has 0 aromatic carbocycles. The highest BCUT2D eigenvalue weighted by atomic mass is 16.6. The first kappa shape index (κ1) is 80.4. The van der Waals surface area contributed by atoms with Crippen LogP contribution in [0.4, 0.5) is 0 Å². The molecule has 0 aromatic heterocycles. The van der Waals surface area contributed by atoms with Gasteiger partial charge in [-0.1, -0.05) is 352 Å². The summed E-state index contributed by atoms with van der Waals surface area (Å²) < 4.78 is 17.0. The molecule has 1 unspecified atom stereocenters. The molecule has 0 amide bonds. The normalized spacial score (nSPS) is 12.3. The zero-order valence-electron chi connectivity index (χ0n) is 56.0. The molecule has 0 N–H and O–H groups in total. The van der Waals surface area contributed by atoms with Crippen LogP contribution < -0.4 is 0 Å². The van der Waals surface area contributed by atoms with E-state index in [0.717, 1.165) is 77.0 Å². The first-order valence-electron chi connectivity index (χ1n) is 37.1. The molecule has 83 heavy (non-hydrogen) atoms. The number of carbonyl (C=O) groups is 3. The van der Waals surface area contributed by atoms with Gasteiger partial charge < -0.3 is 14.2 Å². The minimum atomic E-state index is -0.777. The van der Waals surface area contributed by atoms with E-state index in [2.05, 4.69) is 69.4 Å². The van der Waals surface area contributed by atoms with Crippen LogP contribution in [0.3, 0.4) is 0 Å². The van der Waals surface area contributed by atoms with Crippen LogP contribution in [-0.4, -0.2) is 37.2 Å². The Hall–Kier alpha value is -2.63. The highest BCUT2D eigenvalue weighted by Gasteiger charge is 2.19. The van der Waals surface area contributed by atoms with E-state index in [9.17, 15) is 14.4 Å². The van der Waals surface area contributed by atoms with Gasteiger partial charge in [0.25, 0.3) is 0 Å². The molecule has 6 nitrogen and oxygen atoms in total. The Morgan fingerprint density at radius 1 is 0.241 bits per heavy atom. The zero-order chi connectivity index (χ0) is 59.9. The molecule has 0 aliphatic rings. The summed E-state index contributed by atoms with van der Waals surface area (Å²) >= 11 is 0. The number of hydrogen-bond donors (Lipinski definition) is 0. The molecule has 0 fully saturated rings. The highest BCUT2D eigenvalue weighted by molar-refractivity contribution is 5.71. The Kier molecular flexibility index (Phi) is 69.6. The van der Waals surface area contributed by atoms with E-state index >= 15 is 0 Å². The molecule has 0 bridgehead atoms. The molecule has 0 saturated carbocycles. The lowest BCUT2D eigenvalue weighted by Crippen LogP contribution is -2.30. The molecule has 0 radical (unpaired) electrons. The summed E-state index contributed by atoms with van der Waals surface area (Å²) in [5.41, 5.74) is 0. The third kappa shape index (κ3) is 70.0. The summed E-state index contributed by atoms with van der Waals surface area (Å²) in [4.78, 5) is 38.5. The lowest BCUT2D eigenvalue weighted by Gasteiger charge is -2.18. The average Bonchev–Trinajstić information content (AvgIpc) is 3.49. The molecule has 486 valence electrons. The first-order chi connectivity index (χ1) is 41.0. The van der Waals surface area contributed by atoms with Crippen LogP contribution in [0.1, 0.15) is 406 Å². The molecule has 0 aromatic rings. The largest absolute Gasteiger partial charge is 0.462 e. The molecular weight excluding hydrogens is 1020 g/mol. The van der Waals surface area contributed by atoms with E-state index < -0.39 is 6.10 Å². The standard InChI is InChI=1S/C77H142O6/c1-4-7-10-13-16-19-22-25-28-31-33-35-37-38-40-41-43-46-49-52-55-58-61-64-67-70-76(79)82-73-74(72-81-75(78)69-66-63-60-57-54-51-48-45-30-27-24-21-18-15-12-9-6-3)83-77(80)71-68-65-62-59-56-53-50-47-44-42-39-36-34-32-29-26-23-20-17-14-11-8-5-2/h23,26,31-34,39,42,74H,4-22,24-25,27-30,35-38,40-41,43-73H2,1-3H3/b26-23-,33-31-,34-32-,42-39-. The predicted octanol–water partition coefficient (Wildman–Crippen LogP) is 25.7. The predicted molar refractivity (Wildman–Crippen MR) is 362 cm³/mol. The van der Waals surface area contributed by atoms with Crippen LogP contribution in [0, 0.1) is 0 Å². The van der Waals surface area contributed by atoms with E-state index in [1.807, 2.05) is 0 Å². The maximum Gasteiger partial charge on any atom is 0.306 e. The number of allylic oxidation sites excluding steroid dienone is 8. The van der Waals surface area contributed by atoms with E-state index in [1.54, 1.807) is 0 Å². The van der Waals surface area contributed by atoms with E-state index in [-0.39, 0.29) is 31.1 Å². The topological polar surface area (TPSA) is 78.9 Å². The fourth-order valence-corrected chi connectivity index (χ4v) is 11.2. The van der Waals surface area contributed by atoms with Crippen molar-refractivity contribution < 1.29 is 28.6 Å². The molecule has 0 rings (SSSR count). The van der Waals surface area contributed by atoms with E-state index in [1.165, 1.54) is 289 Å². The lowest BCUT2D eigenvalue weighted by atomic mass is 10.0. The summed E-state index contributed by atoms with van der Waals surface area (Å²) in [6.07, 6.45) is 91.4. The van der Waals surface area contributed by atoms with E-state index in [0.29, 0.717) is 19.3 Å². The van der Waals surface area contributed by atoms with Crippen LogP contribution >= 0.6 is 0 Å². The van der Waals surface area contributed by atoms with Gasteiger partial charge in [0.05, 0.1) is 0 Å². The highest BCUT2D eigenvalue weighted by Crippen LogP contribution is 2.18. The summed E-state index contributed by atoms with van der Waals surface area (Å²) in [6.45, 7) is 6.70. The summed E-state index contributed by atoms with van der Waals surface area (Å²) in [6, 6.07) is 0. The minimum Gasteiger partial charge on any atom is -0.462 e. The Morgan fingerprint density at radius 2 is 0.434 bits per heavy atom. The van der Waals surface area contributed by atoms with Gasteiger partial charge in [-0.15, -0.1) is 0 Å². The van der Waals surface area contributed by atoms with Gasteiger partial charge in [-0.2, -0.15) is 0 Å². The Balaban J connectivity index is 4.31. The van der Waals surface area contributed by atoms with Gasteiger partial charge in [0, 0.05) is 19.3 Å². The molecule has 0 heterocycles. The summed E-state index contributed by atoms with van der Waals surface area (Å²) in [5.74, 6) is -0.848. The van der Waals surface area contributed by atoms with Crippen molar-refractivity contribution in [2.45, 2.75) is 412 Å². The third-order valence-corrected chi connectivity index (χ3v) is 16.8. The quantitative estimate of drug-likeness (QED) is 0.0261. The Bertz CT molecular complexity index is 1430. The van der Waals surface area contributed by atoms with Crippen molar-refractivity contribution >= 4 is 17.9 Å². The van der Waals surface area contributed by atoms with Gasteiger partial charge in [-0.25, -0.2) is 0 Å². The van der Waals surface area contributed by atoms with Crippen molar-refractivity contribution in [3.63, 3.8) is 0 Å². The molecule has 0 aliphatic carbocycles. The molecule has 0 saturated heterocycles. The molecule has 6 heteroatoms. The maximum atomic E-state index is 13.0. The van der Waals surface area contributed by atoms with Gasteiger partial charge in [0.15, 0.2) is 6.10 Å². The van der Waals surface area contributed by atoms with Gasteiger partial charge >= 0.3 is 17.9 Å². The first-order valence-corrected chi connectivity index (χ1v) is 37.1. The molecule has 0 spiro atoms. The second kappa shape index (κ2) is 71.8. The van der Waals surface area contributed by atoms with E-state index in [4.69, 9.17) is 14.2 Å². The SMILES string of the molecule is CCCCCCC/C=C\C/C=C\C/C=C\CCCCCCCCCCC(=O)OC(COC(=O)CCCCCCCCCCCCCCC/C=C\CCCCCCCCCC)COC(=O)CCCCCCCCCCCCCCCCCCC. The minimum absolute atomic E-state index is 0.0712.